The number of hydrogen-bond donors (Lipinski definition) is 2. The van der Waals surface area contributed by atoms with Crippen molar-refractivity contribution in [2.24, 2.45) is 0 Å². The summed E-state index contributed by atoms with van der Waals surface area (Å²) in [5, 5.41) is 3.37. The van der Waals surface area contributed by atoms with Crippen LogP contribution in [0.25, 0.3) is 10.9 Å². The summed E-state index contributed by atoms with van der Waals surface area (Å²) in [7, 11) is -3.86. The monoisotopic (exact) mass is 559 g/mol. The number of nitrogens with zero attached hydrogens (tertiary/aromatic N) is 3. The van der Waals surface area contributed by atoms with Crippen molar-refractivity contribution in [3.05, 3.63) is 89.7 Å². The molecular formula is C29H29N5O5S. The lowest BCUT2D eigenvalue weighted by atomic mass is 9.95. The predicted molar refractivity (Wildman–Crippen MR) is 151 cm³/mol. The van der Waals surface area contributed by atoms with E-state index in [1.807, 2.05) is 24.3 Å². The Hall–Kier alpha value is -4.35. The molecule has 1 amide bonds. The normalized spacial score (nSPS) is 14.2. The molecule has 40 heavy (non-hydrogen) atoms. The molecule has 4 aromatic rings. The van der Waals surface area contributed by atoms with Crippen LogP contribution < -0.4 is 10.0 Å². The van der Waals surface area contributed by atoms with E-state index in [2.05, 4.69) is 26.8 Å². The molecule has 10 nitrogen and oxygen atoms in total. The molecule has 206 valence electrons. The maximum Gasteiger partial charge on any atom is 0.339 e. The number of rotatable bonds is 8. The number of amides is 1. The third-order valence-electron chi connectivity index (χ3n) is 6.77. The largest absolute Gasteiger partial charge is 0.449 e. The Morgan fingerprint density at radius 1 is 1.05 bits per heavy atom. The van der Waals surface area contributed by atoms with Gasteiger partial charge < -0.3 is 10.1 Å². The molecule has 0 fully saturated rings. The van der Waals surface area contributed by atoms with Gasteiger partial charge in [-0.1, -0.05) is 31.2 Å². The van der Waals surface area contributed by atoms with E-state index in [1.165, 1.54) is 37.4 Å². The van der Waals surface area contributed by atoms with Gasteiger partial charge in [0.05, 0.1) is 16.0 Å². The molecule has 1 atom stereocenters. The van der Waals surface area contributed by atoms with E-state index < -0.39 is 28.0 Å². The van der Waals surface area contributed by atoms with E-state index >= 15 is 0 Å². The van der Waals surface area contributed by atoms with Gasteiger partial charge in [-0.2, -0.15) is 0 Å². The van der Waals surface area contributed by atoms with Gasteiger partial charge in [0.1, 0.15) is 5.82 Å². The van der Waals surface area contributed by atoms with Gasteiger partial charge in [-0.25, -0.2) is 18.2 Å². The van der Waals surface area contributed by atoms with Crippen molar-refractivity contribution in [1.82, 2.24) is 14.9 Å². The lowest BCUT2D eigenvalue weighted by Gasteiger charge is -2.29. The lowest BCUT2D eigenvalue weighted by molar-refractivity contribution is -0.123. The van der Waals surface area contributed by atoms with Gasteiger partial charge in [-0.05, 0) is 55.9 Å². The van der Waals surface area contributed by atoms with Crippen LogP contribution >= 0.6 is 0 Å². The molecule has 3 heterocycles. The number of pyridine rings is 2. The van der Waals surface area contributed by atoms with Crippen molar-refractivity contribution >= 4 is 44.3 Å². The minimum atomic E-state index is -3.86. The average Bonchev–Trinajstić information content (AvgIpc) is 2.96. The van der Waals surface area contributed by atoms with E-state index in [1.54, 1.807) is 18.2 Å². The van der Waals surface area contributed by atoms with Gasteiger partial charge in [0, 0.05) is 48.0 Å². The molecule has 2 aromatic heterocycles. The summed E-state index contributed by atoms with van der Waals surface area (Å²) in [4.78, 5) is 37.4. The molecule has 0 bridgehead atoms. The number of para-hydroxylation sites is 1. The number of carbonyl (C=O) groups excluding carboxylic acids is 2. The number of aromatic nitrogens is 2. The van der Waals surface area contributed by atoms with Crippen LogP contribution in [0.1, 0.15) is 35.5 Å². The molecule has 2 aromatic carbocycles. The van der Waals surface area contributed by atoms with Gasteiger partial charge in [-0.15, -0.1) is 0 Å². The van der Waals surface area contributed by atoms with Gasteiger partial charge in [0.15, 0.2) is 6.10 Å². The number of carbonyl (C=O) groups is 2. The molecule has 0 saturated carbocycles. The average molecular weight is 560 g/mol. The summed E-state index contributed by atoms with van der Waals surface area (Å²) in [6.07, 6.45) is 1.11. The number of sulfonamides is 1. The van der Waals surface area contributed by atoms with Gasteiger partial charge in [0.2, 0.25) is 0 Å². The Bertz CT molecular complexity index is 1660. The van der Waals surface area contributed by atoms with Gasteiger partial charge in [0.25, 0.3) is 15.9 Å². The summed E-state index contributed by atoms with van der Waals surface area (Å²) in [6.45, 7) is 5.86. The van der Waals surface area contributed by atoms with E-state index in [9.17, 15) is 18.0 Å². The van der Waals surface area contributed by atoms with Crippen molar-refractivity contribution in [2.75, 3.05) is 23.1 Å². The Labute approximate surface area is 232 Å². The highest BCUT2D eigenvalue weighted by molar-refractivity contribution is 7.92. The van der Waals surface area contributed by atoms with Crippen LogP contribution in [0.3, 0.4) is 0 Å². The molecule has 1 aliphatic heterocycles. The zero-order chi connectivity index (χ0) is 28.3. The number of anilines is 2. The third-order valence-corrected chi connectivity index (χ3v) is 8.14. The molecule has 0 radical (unpaired) electrons. The maximum absolute atomic E-state index is 13.5. The SMILES string of the molecule is CCN1CCc2nc3ccccc3c(C(=O)OC(C)C(=O)Nc3ccc(S(=O)(=O)Nc4ccccn4)cc3)c2C1. The van der Waals surface area contributed by atoms with Crippen molar-refractivity contribution in [1.29, 1.82) is 0 Å². The fourth-order valence-corrected chi connectivity index (χ4v) is 5.61. The zero-order valence-corrected chi connectivity index (χ0v) is 22.9. The van der Waals surface area contributed by atoms with Crippen LogP contribution in [-0.2, 0) is 32.5 Å². The molecule has 2 N–H and O–H groups in total. The second-order valence-electron chi connectivity index (χ2n) is 9.43. The quantitative estimate of drug-likeness (QED) is 0.310. The summed E-state index contributed by atoms with van der Waals surface area (Å²) in [6, 6.07) is 18.0. The van der Waals surface area contributed by atoms with Crippen molar-refractivity contribution in [2.45, 2.75) is 37.8 Å². The number of nitrogens with one attached hydrogen (secondary N) is 2. The molecule has 0 spiro atoms. The molecule has 1 unspecified atom stereocenters. The number of hydrogen-bond acceptors (Lipinski definition) is 8. The van der Waals surface area contributed by atoms with Crippen LogP contribution in [0.5, 0.6) is 0 Å². The Morgan fingerprint density at radius 2 is 1.80 bits per heavy atom. The van der Waals surface area contributed by atoms with Crippen LogP contribution in [-0.4, -0.2) is 54.4 Å². The van der Waals surface area contributed by atoms with Crippen LogP contribution in [0.15, 0.2) is 77.8 Å². The van der Waals surface area contributed by atoms with Crippen LogP contribution in [0, 0.1) is 0 Å². The number of ether oxygens (including phenoxy) is 1. The highest BCUT2D eigenvalue weighted by atomic mass is 32.2. The first-order chi connectivity index (χ1) is 19.2. The highest BCUT2D eigenvalue weighted by Crippen LogP contribution is 2.29. The number of fused-ring (bicyclic) bond motifs is 2. The molecule has 1 aliphatic rings. The molecule has 11 heteroatoms. The highest BCUT2D eigenvalue weighted by Gasteiger charge is 2.28. The minimum absolute atomic E-state index is 0.00564. The smallest absolute Gasteiger partial charge is 0.339 e. The number of likely N-dealkylation sites (N-methyl/N-ethyl adjacent to an activating group) is 1. The maximum atomic E-state index is 13.5. The summed E-state index contributed by atoms with van der Waals surface area (Å²) in [5.74, 6) is -0.934. The van der Waals surface area contributed by atoms with Gasteiger partial charge >= 0.3 is 5.97 Å². The van der Waals surface area contributed by atoms with Crippen LogP contribution in [0.4, 0.5) is 11.5 Å². The lowest BCUT2D eigenvalue weighted by Crippen LogP contribution is -2.34. The van der Waals surface area contributed by atoms with Crippen molar-refractivity contribution in [3.63, 3.8) is 0 Å². The van der Waals surface area contributed by atoms with Crippen molar-refractivity contribution in [3.8, 4) is 0 Å². The molecular weight excluding hydrogens is 530 g/mol. The Balaban J connectivity index is 1.29. The van der Waals surface area contributed by atoms with E-state index in [-0.39, 0.29) is 10.7 Å². The topological polar surface area (TPSA) is 131 Å². The van der Waals surface area contributed by atoms with E-state index in [4.69, 9.17) is 9.72 Å². The standard InChI is InChI=1S/C29H29N5O5S/c1-3-34-17-15-25-23(18-34)27(22-8-4-5-9-24(22)32-25)29(36)39-19(2)28(35)31-20-11-13-21(14-12-20)40(37,38)33-26-10-6-7-16-30-26/h4-14,16,19H,3,15,17-18H2,1-2H3,(H,30,33)(H,31,35). The zero-order valence-electron chi connectivity index (χ0n) is 22.1. The summed E-state index contributed by atoms with van der Waals surface area (Å²) < 4.78 is 33.3. The van der Waals surface area contributed by atoms with E-state index in [0.717, 1.165) is 30.8 Å². The van der Waals surface area contributed by atoms with Crippen LogP contribution in [0.2, 0.25) is 0 Å². The van der Waals surface area contributed by atoms with E-state index in [0.29, 0.717) is 28.7 Å². The Morgan fingerprint density at radius 3 is 2.52 bits per heavy atom. The molecule has 0 saturated heterocycles. The first kappa shape index (κ1) is 27.2. The third kappa shape index (κ3) is 5.80. The first-order valence-electron chi connectivity index (χ1n) is 12.9. The fourth-order valence-electron chi connectivity index (χ4n) is 4.60. The molecule has 5 rings (SSSR count). The summed E-state index contributed by atoms with van der Waals surface area (Å²) >= 11 is 0. The number of esters is 1. The minimum Gasteiger partial charge on any atom is -0.449 e. The first-order valence-corrected chi connectivity index (χ1v) is 14.4. The second kappa shape index (κ2) is 11.4. The van der Waals surface area contributed by atoms with Gasteiger partial charge in [-0.3, -0.25) is 19.4 Å². The van der Waals surface area contributed by atoms with Crippen molar-refractivity contribution < 1.29 is 22.7 Å². The fraction of sp³-hybridized carbons (Fsp3) is 0.241. The Kier molecular flexibility index (Phi) is 7.76. The predicted octanol–water partition coefficient (Wildman–Crippen LogP) is 3.99. The molecule has 0 aliphatic carbocycles. The summed E-state index contributed by atoms with van der Waals surface area (Å²) in [5.41, 5.74) is 3.21. The second-order valence-corrected chi connectivity index (χ2v) is 11.1. The number of benzene rings is 2.